The van der Waals surface area contributed by atoms with Crippen LogP contribution in [0.4, 0.5) is 28.4 Å². The van der Waals surface area contributed by atoms with E-state index in [1.165, 1.54) is 16.8 Å². The highest BCUT2D eigenvalue weighted by Gasteiger charge is 2.71. The zero-order chi connectivity index (χ0) is 37.8. The first kappa shape index (κ1) is 35.4. The normalized spacial score (nSPS) is 26.3. The van der Waals surface area contributed by atoms with Gasteiger partial charge in [0, 0.05) is 92.2 Å². The topological polar surface area (TPSA) is 122 Å². The van der Waals surface area contributed by atoms with Crippen molar-refractivity contribution in [1.82, 2.24) is 29.5 Å². The molecule has 4 fully saturated rings. The smallest absolute Gasteiger partial charge is 0.319 e. The van der Waals surface area contributed by atoms with Gasteiger partial charge >= 0.3 is 6.01 Å². The largest absolute Gasteiger partial charge is 0.463 e. The summed E-state index contributed by atoms with van der Waals surface area (Å²) in [7, 11) is 6.89. The van der Waals surface area contributed by atoms with E-state index in [4.69, 9.17) is 20.2 Å². The number of aromatic nitrogens is 4. The van der Waals surface area contributed by atoms with Gasteiger partial charge in [-0.15, -0.1) is 11.3 Å². The van der Waals surface area contributed by atoms with Gasteiger partial charge in [0.15, 0.2) is 5.82 Å². The molecule has 11 nitrogen and oxygen atoms in total. The average molecular weight is 764 g/mol. The van der Waals surface area contributed by atoms with Crippen molar-refractivity contribution in [2.24, 2.45) is 18.4 Å². The Labute approximate surface area is 313 Å². The summed E-state index contributed by atoms with van der Waals surface area (Å²) in [5.41, 5.74) is 4.52. The lowest BCUT2D eigenvalue weighted by Gasteiger charge is -2.49. The maximum absolute atomic E-state index is 17.6. The second-order valence-electron chi connectivity index (χ2n) is 15.9. The quantitative estimate of drug-likeness (QED) is 0.165. The van der Waals surface area contributed by atoms with E-state index in [1.807, 2.05) is 0 Å². The molecule has 2 N–H and O–H groups in total. The number of benzene rings is 2. The molecule has 5 aromatic rings. The summed E-state index contributed by atoms with van der Waals surface area (Å²) in [5.74, 6) is -3.58. The fourth-order valence-corrected chi connectivity index (χ4v) is 10.4. The standard InChI is InChI=1S/C38H41F4N9O2S/c1-48(2)17-37(16-38(37,41)42)18-53-36-45-33-28(35(46-36)51-20-5-6-21(51)13-50(12-20)22-9-19(10-22)15-52-4)24-14-49(3)47-32(24)30(31(33)40)29-25(39)7-8-26-27(29)23(11-43)34(44)54-26/h7-8,14,19-22H,5-6,9-10,12-13,15-18,44H2,1-4H3/t19?,20-,21+,22?,37-/m1/s1. The zero-order valence-corrected chi connectivity index (χ0v) is 31.3. The van der Waals surface area contributed by atoms with Gasteiger partial charge in [-0.25, -0.2) is 17.6 Å². The number of likely N-dealkylation sites (tertiary alicyclic amines) is 1. The summed E-state index contributed by atoms with van der Waals surface area (Å²) in [4.78, 5) is 16.0. The maximum Gasteiger partial charge on any atom is 0.319 e. The summed E-state index contributed by atoms with van der Waals surface area (Å²) in [5, 5.41) is 16.0. The number of methoxy groups -OCH3 is 1. The van der Waals surface area contributed by atoms with E-state index in [2.05, 4.69) is 26.0 Å². The van der Waals surface area contributed by atoms with Crippen LogP contribution in [-0.4, -0.2) is 108 Å². The van der Waals surface area contributed by atoms with Crippen LogP contribution >= 0.6 is 11.3 Å². The highest BCUT2D eigenvalue weighted by Crippen LogP contribution is 2.61. The summed E-state index contributed by atoms with van der Waals surface area (Å²) < 4.78 is 77.0. The number of hydrogen-bond donors (Lipinski definition) is 1. The minimum atomic E-state index is -2.94. The number of aryl methyl sites for hydroxylation is 1. The number of rotatable bonds is 10. The lowest BCUT2D eigenvalue weighted by atomic mass is 9.79. The second-order valence-corrected chi connectivity index (χ2v) is 17.0. The molecular weight excluding hydrogens is 723 g/mol. The first-order valence-electron chi connectivity index (χ1n) is 18.3. The molecule has 284 valence electrons. The predicted octanol–water partition coefficient (Wildman–Crippen LogP) is 6.17. The fraction of sp³-hybridized carbons (Fsp3) is 0.526. The fourth-order valence-electron chi connectivity index (χ4n) is 9.45. The molecule has 0 spiro atoms. The molecule has 0 amide bonds. The number of nitrogens with two attached hydrogens (primary N) is 1. The second kappa shape index (κ2) is 12.6. The van der Waals surface area contributed by atoms with Gasteiger partial charge in [-0.1, -0.05) is 0 Å². The van der Waals surface area contributed by atoms with Crippen molar-refractivity contribution in [2.45, 2.75) is 56.2 Å². The predicted molar refractivity (Wildman–Crippen MR) is 199 cm³/mol. The Hall–Kier alpha value is -4.30. The van der Waals surface area contributed by atoms with E-state index in [9.17, 15) is 14.0 Å². The van der Waals surface area contributed by atoms with Crippen LogP contribution in [0.15, 0.2) is 18.3 Å². The molecule has 16 heteroatoms. The minimum absolute atomic E-state index is 0.0477. The van der Waals surface area contributed by atoms with Crippen molar-refractivity contribution >= 4 is 54.0 Å². The van der Waals surface area contributed by atoms with E-state index < -0.39 is 23.0 Å². The van der Waals surface area contributed by atoms with Gasteiger partial charge in [-0.3, -0.25) is 9.58 Å². The Morgan fingerprint density at radius 1 is 1.06 bits per heavy atom. The van der Waals surface area contributed by atoms with Crippen LogP contribution in [-0.2, 0) is 11.8 Å². The van der Waals surface area contributed by atoms with Crippen LogP contribution in [0.1, 0.15) is 37.7 Å². The summed E-state index contributed by atoms with van der Waals surface area (Å²) in [6.07, 6.45) is 5.35. The summed E-state index contributed by atoms with van der Waals surface area (Å²) in [6.45, 7) is 2.06. The van der Waals surface area contributed by atoms with E-state index >= 15 is 8.78 Å². The Morgan fingerprint density at radius 3 is 2.43 bits per heavy atom. The van der Waals surface area contributed by atoms with Gasteiger partial charge < -0.3 is 25.0 Å². The van der Waals surface area contributed by atoms with Crippen LogP contribution in [0.2, 0.25) is 0 Å². The molecule has 5 heterocycles. The number of nitriles is 1. The number of thiophene rings is 1. The van der Waals surface area contributed by atoms with Crippen molar-refractivity contribution in [3.8, 4) is 23.2 Å². The van der Waals surface area contributed by atoms with Crippen molar-refractivity contribution < 1.29 is 27.0 Å². The molecule has 3 atom stereocenters. The van der Waals surface area contributed by atoms with Gasteiger partial charge in [0.25, 0.3) is 5.92 Å². The summed E-state index contributed by atoms with van der Waals surface area (Å²) >= 11 is 1.11. The third kappa shape index (κ3) is 5.41. The van der Waals surface area contributed by atoms with Crippen LogP contribution in [0.25, 0.3) is 43.0 Å². The molecular formula is C38H41F4N9O2S. The number of hydrogen-bond acceptors (Lipinski definition) is 11. The number of nitrogen functional groups attached to an aromatic ring is 1. The van der Waals surface area contributed by atoms with Crippen molar-refractivity contribution in [1.29, 1.82) is 5.26 Å². The van der Waals surface area contributed by atoms with E-state index in [-0.39, 0.29) is 75.8 Å². The van der Waals surface area contributed by atoms with Gasteiger partial charge in [0.2, 0.25) is 0 Å². The van der Waals surface area contributed by atoms with E-state index in [0.29, 0.717) is 33.2 Å². The van der Waals surface area contributed by atoms with Crippen molar-refractivity contribution in [3.63, 3.8) is 0 Å². The molecule has 2 aliphatic carbocycles. The lowest BCUT2D eigenvalue weighted by molar-refractivity contribution is 0.0198. The molecule has 0 unspecified atom stereocenters. The lowest BCUT2D eigenvalue weighted by Crippen LogP contribution is -2.59. The molecule has 2 aromatic carbocycles. The number of ether oxygens (including phenoxy) is 2. The minimum Gasteiger partial charge on any atom is -0.463 e. The molecule has 4 aliphatic rings. The van der Waals surface area contributed by atoms with Crippen molar-refractivity contribution in [2.75, 3.05) is 64.7 Å². The summed E-state index contributed by atoms with van der Waals surface area (Å²) in [6, 6.07) is 5.16. The molecule has 9 rings (SSSR count). The van der Waals surface area contributed by atoms with Crippen LogP contribution in [0, 0.1) is 34.3 Å². The molecule has 3 aromatic heterocycles. The van der Waals surface area contributed by atoms with Gasteiger partial charge in [0.05, 0.1) is 21.9 Å². The highest BCUT2D eigenvalue weighted by atomic mass is 32.1. The van der Waals surface area contributed by atoms with Crippen molar-refractivity contribution in [3.05, 3.63) is 35.5 Å². The Kier molecular flexibility index (Phi) is 8.27. The monoisotopic (exact) mass is 763 g/mol. The van der Waals surface area contributed by atoms with E-state index in [0.717, 1.165) is 56.7 Å². The third-order valence-electron chi connectivity index (χ3n) is 12.0. The average Bonchev–Trinajstić information content (AvgIpc) is 3.39. The molecule has 0 radical (unpaired) electrons. The number of piperazine rings is 1. The number of halogens is 4. The number of anilines is 2. The van der Waals surface area contributed by atoms with Crippen LogP contribution in [0.5, 0.6) is 6.01 Å². The highest BCUT2D eigenvalue weighted by molar-refractivity contribution is 7.23. The Balaban J connectivity index is 1.23. The van der Waals surface area contributed by atoms with Crippen LogP contribution in [0.3, 0.4) is 0 Å². The molecule has 54 heavy (non-hydrogen) atoms. The van der Waals surface area contributed by atoms with E-state index in [1.54, 1.807) is 39.3 Å². The first-order chi connectivity index (χ1) is 25.8. The molecule has 2 bridgehead atoms. The Morgan fingerprint density at radius 2 is 1.78 bits per heavy atom. The Bertz CT molecular complexity index is 2360. The first-order valence-corrected chi connectivity index (χ1v) is 19.1. The molecule has 2 saturated heterocycles. The number of nitrogens with zero attached hydrogens (tertiary/aromatic N) is 8. The molecule has 2 saturated carbocycles. The zero-order valence-electron chi connectivity index (χ0n) is 30.5. The third-order valence-corrected chi connectivity index (χ3v) is 13.0. The number of alkyl halides is 2. The van der Waals surface area contributed by atoms with Gasteiger partial charge in [0.1, 0.15) is 40.3 Å². The van der Waals surface area contributed by atoms with Gasteiger partial charge in [-0.2, -0.15) is 20.3 Å². The van der Waals surface area contributed by atoms with Crippen LogP contribution < -0.4 is 15.4 Å². The molecule has 2 aliphatic heterocycles. The van der Waals surface area contributed by atoms with Gasteiger partial charge in [-0.05, 0) is 57.8 Å². The maximum atomic E-state index is 17.6. The SMILES string of the molecule is COCC1CC(N2C[C@H]3CC[C@@H](C2)N3c2nc(OC[C@]3(CN(C)C)CC3(F)F)nc3c(F)c(-c4c(F)ccc5sc(N)c(C#N)c45)c4nn(C)cc4c23)C1. The number of fused-ring (bicyclic) bond motifs is 6.